The molecule has 0 aliphatic heterocycles. The van der Waals surface area contributed by atoms with Crippen LogP contribution in [0.1, 0.15) is 10.4 Å². The fourth-order valence-corrected chi connectivity index (χ4v) is 2.86. The van der Waals surface area contributed by atoms with Crippen LogP contribution in [-0.4, -0.2) is 21.8 Å². The van der Waals surface area contributed by atoms with Crippen molar-refractivity contribution in [2.75, 3.05) is 7.11 Å². The Kier molecular flexibility index (Phi) is 4.64. The first-order chi connectivity index (χ1) is 9.97. The predicted octanol–water partition coefficient (Wildman–Crippen LogP) is 3.04. The van der Waals surface area contributed by atoms with E-state index in [0.29, 0.717) is 6.29 Å². The molecule has 0 heterocycles. The van der Waals surface area contributed by atoms with Gasteiger partial charge in [0.1, 0.15) is 4.90 Å². The van der Waals surface area contributed by atoms with E-state index in [9.17, 15) is 13.2 Å². The summed E-state index contributed by atoms with van der Waals surface area (Å²) in [5.41, 5.74) is 0.0926. The molecule has 0 radical (unpaired) electrons. The summed E-state index contributed by atoms with van der Waals surface area (Å²) in [4.78, 5) is 11.0. The summed E-state index contributed by atoms with van der Waals surface area (Å²) < 4.78 is 35.3. The summed E-state index contributed by atoms with van der Waals surface area (Å²) in [7, 11) is -2.69. The lowest BCUT2D eigenvalue weighted by atomic mass is 10.2. The van der Waals surface area contributed by atoms with Gasteiger partial charge in [0.25, 0.3) is 0 Å². The SMILES string of the molecule is COc1cccc(C=O)c1OS(=O)(=O)c1ccc(Br)cc1. The molecule has 0 saturated carbocycles. The van der Waals surface area contributed by atoms with Gasteiger partial charge in [-0.2, -0.15) is 8.42 Å². The second-order valence-corrected chi connectivity index (χ2v) is 6.45. The maximum Gasteiger partial charge on any atom is 0.339 e. The normalized spacial score (nSPS) is 11.0. The molecule has 0 aliphatic carbocycles. The molecule has 0 N–H and O–H groups in total. The van der Waals surface area contributed by atoms with Crippen molar-refractivity contribution in [1.82, 2.24) is 0 Å². The van der Waals surface area contributed by atoms with Crippen molar-refractivity contribution < 1.29 is 22.1 Å². The highest BCUT2D eigenvalue weighted by molar-refractivity contribution is 9.10. The van der Waals surface area contributed by atoms with Crippen LogP contribution in [0.4, 0.5) is 0 Å². The number of rotatable bonds is 5. The van der Waals surface area contributed by atoms with Gasteiger partial charge in [-0.05, 0) is 36.4 Å². The molecular formula is C14H11BrO5S. The molecule has 0 bridgehead atoms. The first kappa shape index (κ1) is 15.5. The number of ether oxygens (including phenoxy) is 1. The Labute approximate surface area is 130 Å². The Hall–Kier alpha value is -1.86. The molecule has 0 fully saturated rings. The number of hydrogen-bond donors (Lipinski definition) is 0. The highest BCUT2D eigenvalue weighted by Crippen LogP contribution is 2.32. The van der Waals surface area contributed by atoms with Crippen molar-refractivity contribution in [3.05, 3.63) is 52.5 Å². The fourth-order valence-electron chi connectivity index (χ4n) is 1.63. The van der Waals surface area contributed by atoms with Crippen molar-refractivity contribution in [2.24, 2.45) is 0 Å². The van der Waals surface area contributed by atoms with E-state index in [0.717, 1.165) is 4.47 Å². The molecule has 0 amide bonds. The lowest BCUT2D eigenvalue weighted by Gasteiger charge is -2.12. The second kappa shape index (κ2) is 6.28. The molecule has 2 rings (SSSR count). The maximum absolute atomic E-state index is 12.2. The monoisotopic (exact) mass is 370 g/mol. The Morgan fingerprint density at radius 1 is 1.10 bits per heavy atom. The average molecular weight is 371 g/mol. The second-order valence-electron chi connectivity index (χ2n) is 3.99. The molecular weight excluding hydrogens is 360 g/mol. The third-order valence-electron chi connectivity index (χ3n) is 2.65. The van der Waals surface area contributed by atoms with Crippen LogP contribution in [0.3, 0.4) is 0 Å². The number of para-hydroxylation sites is 1. The number of halogens is 1. The third kappa shape index (κ3) is 3.43. The summed E-state index contributed by atoms with van der Waals surface area (Å²) in [5.74, 6) is 0.0400. The fraction of sp³-hybridized carbons (Fsp3) is 0.0714. The van der Waals surface area contributed by atoms with E-state index in [2.05, 4.69) is 15.9 Å². The molecule has 2 aromatic carbocycles. The first-order valence-corrected chi connectivity index (χ1v) is 8.00. The van der Waals surface area contributed by atoms with Crippen LogP contribution in [0, 0.1) is 0 Å². The van der Waals surface area contributed by atoms with Gasteiger partial charge in [-0.1, -0.05) is 22.0 Å². The van der Waals surface area contributed by atoms with Gasteiger partial charge in [-0.25, -0.2) is 0 Å². The summed E-state index contributed by atoms with van der Waals surface area (Å²) in [6.45, 7) is 0. The third-order valence-corrected chi connectivity index (χ3v) is 4.42. The first-order valence-electron chi connectivity index (χ1n) is 5.80. The molecule has 2 aromatic rings. The molecule has 0 spiro atoms. The van der Waals surface area contributed by atoms with E-state index < -0.39 is 10.1 Å². The zero-order chi connectivity index (χ0) is 15.5. The molecule has 21 heavy (non-hydrogen) atoms. The minimum absolute atomic E-state index is 0.0199. The van der Waals surface area contributed by atoms with Gasteiger partial charge < -0.3 is 8.92 Å². The van der Waals surface area contributed by atoms with Crippen molar-refractivity contribution in [3.8, 4) is 11.5 Å². The van der Waals surface area contributed by atoms with Gasteiger partial charge in [-0.15, -0.1) is 0 Å². The molecule has 5 nitrogen and oxygen atoms in total. The molecule has 0 aromatic heterocycles. The Morgan fingerprint density at radius 3 is 2.33 bits per heavy atom. The molecule has 0 atom stereocenters. The van der Waals surface area contributed by atoms with Gasteiger partial charge in [0.05, 0.1) is 12.7 Å². The van der Waals surface area contributed by atoms with Crippen LogP contribution in [-0.2, 0) is 10.1 Å². The quantitative estimate of drug-likeness (QED) is 0.597. The van der Waals surface area contributed by atoms with Gasteiger partial charge in [0, 0.05) is 4.47 Å². The van der Waals surface area contributed by atoms with E-state index in [1.165, 1.54) is 31.4 Å². The molecule has 0 aliphatic rings. The zero-order valence-corrected chi connectivity index (χ0v) is 13.3. The van der Waals surface area contributed by atoms with E-state index in [-0.39, 0.29) is 22.0 Å². The van der Waals surface area contributed by atoms with E-state index in [1.54, 1.807) is 18.2 Å². The number of carbonyl (C=O) groups excluding carboxylic acids is 1. The van der Waals surface area contributed by atoms with Gasteiger partial charge in [0.2, 0.25) is 0 Å². The van der Waals surface area contributed by atoms with Crippen LogP contribution < -0.4 is 8.92 Å². The zero-order valence-electron chi connectivity index (χ0n) is 10.9. The van der Waals surface area contributed by atoms with Crippen LogP contribution in [0.15, 0.2) is 51.8 Å². The molecule has 7 heteroatoms. The highest BCUT2D eigenvalue weighted by atomic mass is 79.9. The van der Waals surface area contributed by atoms with Crippen molar-refractivity contribution in [3.63, 3.8) is 0 Å². The number of benzene rings is 2. The van der Waals surface area contributed by atoms with Crippen LogP contribution in [0.25, 0.3) is 0 Å². The standard InChI is InChI=1S/C14H11BrO5S/c1-19-13-4-2-3-10(9-16)14(13)20-21(17,18)12-7-5-11(15)6-8-12/h2-9H,1H3. The van der Waals surface area contributed by atoms with E-state index >= 15 is 0 Å². The lowest BCUT2D eigenvalue weighted by Crippen LogP contribution is -2.11. The van der Waals surface area contributed by atoms with Gasteiger partial charge in [0.15, 0.2) is 17.8 Å². The van der Waals surface area contributed by atoms with Gasteiger partial charge >= 0.3 is 10.1 Å². The topological polar surface area (TPSA) is 69.7 Å². The Morgan fingerprint density at radius 2 is 1.76 bits per heavy atom. The van der Waals surface area contributed by atoms with Crippen LogP contribution in [0.2, 0.25) is 0 Å². The minimum Gasteiger partial charge on any atom is -0.493 e. The smallest absolute Gasteiger partial charge is 0.339 e. The lowest BCUT2D eigenvalue weighted by molar-refractivity contribution is 0.112. The maximum atomic E-state index is 12.2. The van der Waals surface area contributed by atoms with Crippen molar-refractivity contribution in [1.29, 1.82) is 0 Å². The Balaban J connectivity index is 2.45. The minimum atomic E-state index is -4.05. The molecule has 0 saturated heterocycles. The summed E-state index contributed by atoms with van der Waals surface area (Å²) in [6, 6.07) is 10.5. The van der Waals surface area contributed by atoms with E-state index in [1.807, 2.05) is 0 Å². The molecule has 110 valence electrons. The van der Waals surface area contributed by atoms with Crippen molar-refractivity contribution in [2.45, 2.75) is 4.90 Å². The largest absolute Gasteiger partial charge is 0.493 e. The van der Waals surface area contributed by atoms with E-state index in [4.69, 9.17) is 8.92 Å². The number of methoxy groups -OCH3 is 1. The number of hydrogen-bond acceptors (Lipinski definition) is 5. The van der Waals surface area contributed by atoms with Gasteiger partial charge in [-0.3, -0.25) is 4.79 Å². The van der Waals surface area contributed by atoms with Crippen LogP contribution >= 0.6 is 15.9 Å². The highest BCUT2D eigenvalue weighted by Gasteiger charge is 2.21. The number of aldehydes is 1. The van der Waals surface area contributed by atoms with Crippen molar-refractivity contribution >= 4 is 32.3 Å². The average Bonchev–Trinajstić information content (AvgIpc) is 2.47. The van der Waals surface area contributed by atoms with Crippen LogP contribution in [0.5, 0.6) is 11.5 Å². The molecule has 0 unspecified atom stereocenters. The summed E-state index contributed by atoms with van der Waals surface area (Å²) >= 11 is 3.22. The Bertz CT molecular complexity index is 753. The summed E-state index contributed by atoms with van der Waals surface area (Å²) in [6.07, 6.45) is 0.509. The summed E-state index contributed by atoms with van der Waals surface area (Å²) in [5, 5.41) is 0. The number of carbonyl (C=O) groups is 1. The predicted molar refractivity (Wildman–Crippen MR) is 80.3 cm³/mol.